The zero-order valence-electron chi connectivity index (χ0n) is 11.5. The Morgan fingerprint density at radius 3 is 2.41 bits per heavy atom. The third-order valence-electron chi connectivity index (χ3n) is 3.32. The van der Waals surface area contributed by atoms with E-state index in [0.29, 0.717) is 18.7 Å². The zero-order chi connectivity index (χ0) is 15.7. The zero-order valence-corrected chi connectivity index (χ0v) is 14.7. The largest absolute Gasteiger partial charge is 0.312 e. The first-order chi connectivity index (χ1) is 10.5. The molecule has 2 heterocycles. The fourth-order valence-corrected chi connectivity index (χ4v) is 5.35. The van der Waals surface area contributed by atoms with E-state index < -0.39 is 10.0 Å². The van der Waals surface area contributed by atoms with E-state index in [9.17, 15) is 13.2 Å². The third-order valence-corrected chi connectivity index (χ3v) is 6.81. The first-order valence-electron chi connectivity index (χ1n) is 6.64. The van der Waals surface area contributed by atoms with Crippen molar-refractivity contribution in [3.8, 4) is 0 Å². The maximum Gasteiger partial charge on any atom is 0.271 e. The Kier molecular flexibility index (Phi) is 4.24. The maximum atomic E-state index is 12.2. The second kappa shape index (κ2) is 6.02. The fourth-order valence-electron chi connectivity index (χ4n) is 2.28. The van der Waals surface area contributed by atoms with Gasteiger partial charge >= 0.3 is 0 Å². The predicted octanol–water partition coefficient (Wildman–Crippen LogP) is 3.44. The monoisotopic (exact) mass is 400 g/mol. The number of halogens is 1. The lowest BCUT2D eigenvalue weighted by molar-refractivity contribution is -0.117. The van der Waals surface area contributed by atoms with Crippen molar-refractivity contribution in [2.45, 2.75) is 17.1 Å². The predicted molar refractivity (Wildman–Crippen MR) is 90.9 cm³/mol. The molecule has 0 unspecified atom stereocenters. The molecule has 3 rings (SSSR count). The van der Waals surface area contributed by atoms with Crippen molar-refractivity contribution < 1.29 is 13.2 Å². The van der Waals surface area contributed by atoms with Gasteiger partial charge in [-0.25, -0.2) is 8.42 Å². The van der Waals surface area contributed by atoms with Crippen molar-refractivity contribution >= 4 is 54.6 Å². The smallest absolute Gasteiger partial charge is 0.271 e. The van der Waals surface area contributed by atoms with Gasteiger partial charge in [-0.1, -0.05) is 0 Å². The van der Waals surface area contributed by atoms with Crippen LogP contribution in [0.4, 0.5) is 11.4 Å². The molecule has 0 saturated carbocycles. The summed E-state index contributed by atoms with van der Waals surface area (Å²) in [6, 6.07) is 10.1. The molecule has 1 N–H and O–H groups in total. The Labute approximate surface area is 141 Å². The van der Waals surface area contributed by atoms with Crippen molar-refractivity contribution in [2.24, 2.45) is 0 Å². The van der Waals surface area contributed by atoms with Crippen LogP contribution in [0.25, 0.3) is 0 Å². The molecular formula is C14H13BrN2O3S2. The number of nitrogens with one attached hydrogen (secondary N) is 1. The second-order valence-electron chi connectivity index (χ2n) is 4.86. The lowest BCUT2D eigenvalue weighted by atomic mass is 10.2. The van der Waals surface area contributed by atoms with Crippen LogP contribution in [0.2, 0.25) is 0 Å². The van der Waals surface area contributed by atoms with Crippen LogP contribution >= 0.6 is 27.3 Å². The molecule has 2 aromatic rings. The molecule has 5 nitrogen and oxygen atoms in total. The highest BCUT2D eigenvalue weighted by molar-refractivity contribution is 9.11. The minimum Gasteiger partial charge on any atom is -0.312 e. The minimum atomic E-state index is -3.58. The number of hydrogen-bond donors (Lipinski definition) is 1. The Balaban J connectivity index is 1.77. The maximum absolute atomic E-state index is 12.2. The summed E-state index contributed by atoms with van der Waals surface area (Å²) in [6.07, 6.45) is 1.43. The lowest BCUT2D eigenvalue weighted by Crippen LogP contribution is -2.23. The molecule has 1 aliphatic rings. The standard InChI is InChI=1S/C14H13BrN2O3S2/c15-12-7-8-14(21-12)22(19,20)16-10-3-5-11(6-4-10)17-9-1-2-13(17)18/h3-8,16H,1-2,9H2. The molecule has 0 bridgehead atoms. The molecule has 116 valence electrons. The van der Waals surface area contributed by atoms with Gasteiger partial charge in [-0.2, -0.15) is 0 Å². The molecule has 0 atom stereocenters. The number of carbonyl (C=O) groups is 1. The van der Waals surface area contributed by atoms with Crippen LogP contribution in [0, 0.1) is 0 Å². The van der Waals surface area contributed by atoms with Crippen LogP contribution in [0.15, 0.2) is 44.4 Å². The molecular weight excluding hydrogens is 388 g/mol. The SMILES string of the molecule is O=C1CCCN1c1ccc(NS(=O)(=O)c2ccc(Br)s2)cc1. The van der Waals surface area contributed by atoms with Gasteiger partial charge in [-0.15, -0.1) is 11.3 Å². The number of amides is 1. The molecule has 1 fully saturated rings. The topological polar surface area (TPSA) is 66.5 Å². The number of thiophene rings is 1. The van der Waals surface area contributed by atoms with Gasteiger partial charge in [0.1, 0.15) is 4.21 Å². The second-order valence-corrected chi connectivity index (χ2v) is 9.23. The Morgan fingerprint density at radius 2 is 1.86 bits per heavy atom. The normalized spacial score (nSPS) is 15.3. The van der Waals surface area contributed by atoms with Crippen LogP contribution in [0.5, 0.6) is 0 Å². The van der Waals surface area contributed by atoms with Gasteiger partial charge in [-0.05, 0) is 58.7 Å². The van der Waals surface area contributed by atoms with Gasteiger partial charge in [0.05, 0.1) is 3.79 Å². The van der Waals surface area contributed by atoms with Crippen LogP contribution in [0.3, 0.4) is 0 Å². The average Bonchev–Trinajstić information content (AvgIpc) is 3.08. The van der Waals surface area contributed by atoms with E-state index in [-0.39, 0.29) is 10.1 Å². The Morgan fingerprint density at radius 1 is 1.14 bits per heavy atom. The summed E-state index contributed by atoms with van der Waals surface area (Å²) >= 11 is 4.40. The first kappa shape index (κ1) is 15.5. The minimum absolute atomic E-state index is 0.108. The van der Waals surface area contributed by atoms with Gasteiger partial charge in [0.25, 0.3) is 10.0 Å². The number of rotatable bonds is 4. The molecule has 0 aliphatic carbocycles. The highest BCUT2D eigenvalue weighted by Crippen LogP contribution is 2.28. The number of nitrogens with zero attached hydrogens (tertiary/aromatic N) is 1. The molecule has 22 heavy (non-hydrogen) atoms. The molecule has 0 spiro atoms. The average molecular weight is 401 g/mol. The summed E-state index contributed by atoms with van der Waals surface area (Å²) in [5.74, 6) is 0.108. The third kappa shape index (κ3) is 3.18. The summed E-state index contributed by atoms with van der Waals surface area (Å²) in [7, 11) is -3.58. The Bertz CT molecular complexity index is 800. The van der Waals surface area contributed by atoms with Gasteiger partial charge < -0.3 is 4.90 Å². The van der Waals surface area contributed by atoms with E-state index in [1.54, 1.807) is 41.3 Å². The Hall–Kier alpha value is -1.38. The summed E-state index contributed by atoms with van der Waals surface area (Å²) < 4.78 is 28.0. The highest BCUT2D eigenvalue weighted by atomic mass is 79.9. The number of benzene rings is 1. The van der Waals surface area contributed by atoms with Crippen LogP contribution in [-0.2, 0) is 14.8 Å². The molecule has 1 saturated heterocycles. The first-order valence-corrected chi connectivity index (χ1v) is 9.73. The lowest BCUT2D eigenvalue weighted by Gasteiger charge is -2.16. The number of sulfonamides is 1. The van der Waals surface area contributed by atoms with Crippen LogP contribution < -0.4 is 9.62 Å². The summed E-state index contributed by atoms with van der Waals surface area (Å²) in [6.45, 7) is 0.715. The van der Waals surface area contributed by atoms with Gasteiger partial charge in [-0.3, -0.25) is 9.52 Å². The molecule has 1 amide bonds. The number of hydrogen-bond acceptors (Lipinski definition) is 4. The summed E-state index contributed by atoms with van der Waals surface area (Å²) in [5, 5.41) is 0. The van der Waals surface area contributed by atoms with E-state index >= 15 is 0 Å². The van der Waals surface area contributed by atoms with Gasteiger partial charge in [0.2, 0.25) is 5.91 Å². The molecule has 1 aromatic carbocycles. The van der Waals surface area contributed by atoms with Crippen molar-refractivity contribution in [2.75, 3.05) is 16.2 Å². The fraction of sp³-hybridized carbons (Fsp3) is 0.214. The van der Waals surface area contributed by atoms with Crippen molar-refractivity contribution in [3.63, 3.8) is 0 Å². The molecule has 8 heteroatoms. The van der Waals surface area contributed by atoms with Crippen LogP contribution in [0.1, 0.15) is 12.8 Å². The summed E-state index contributed by atoms with van der Waals surface area (Å²) in [5.41, 5.74) is 1.27. The van der Waals surface area contributed by atoms with Crippen molar-refractivity contribution in [3.05, 3.63) is 40.2 Å². The molecule has 1 aromatic heterocycles. The highest BCUT2D eigenvalue weighted by Gasteiger charge is 2.22. The van der Waals surface area contributed by atoms with Gasteiger partial charge in [0, 0.05) is 24.3 Å². The van der Waals surface area contributed by atoms with Crippen molar-refractivity contribution in [1.82, 2.24) is 0 Å². The van der Waals surface area contributed by atoms with E-state index in [2.05, 4.69) is 20.7 Å². The summed E-state index contributed by atoms with van der Waals surface area (Å²) in [4.78, 5) is 13.4. The molecule has 0 radical (unpaired) electrons. The van der Waals surface area contributed by atoms with E-state index in [0.717, 1.165) is 27.2 Å². The van der Waals surface area contributed by atoms with Crippen molar-refractivity contribution in [1.29, 1.82) is 0 Å². The van der Waals surface area contributed by atoms with Crippen LogP contribution in [-0.4, -0.2) is 20.9 Å². The van der Waals surface area contributed by atoms with Gasteiger partial charge in [0.15, 0.2) is 0 Å². The van der Waals surface area contributed by atoms with E-state index in [1.807, 2.05) is 0 Å². The number of carbonyl (C=O) groups excluding carboxylic acids is 1. The van der Waals surface area contributed by atoms with E-state index in [1.165, 1.54) is 0 Å². The molecule has 1 aliphatic heterocycles. The number of anilines is 2. The quantitative estimate of drug-likeness (QED) is 0.854. The van der Waals surface area contributed by atoms with E-state index in [4.69, 9.17) is 0 Å².